The van der Waals surface area contributed by atoms with Gasteiger partial charge in [-0.25, -0.2) is 0 Å². The number of aryl methyl sites for hydroxylation is 1. The summed E-state index contributed by atoms with van der Waals surface area (Å²) in [5.41, 5.74) is 2.96. The van der Waals surface area contributed by atoms with Crippen LogP contribution < -0.4 is 5.56 Å². The van der Waals surface area contributed by atoms with Crippen molar-refractivity contribution >= 4 is 39.1 Å². The number of benzene rings is 2. The second-order valence-corrected chi connectivity index (χ2v) is 9.63. The van der Waals surface area contributed by atoms with Gasteiger partial charge in [0.25, 0.3) is 5.56 Å². The van der Waals surface area contributed by atoms with Gasteiger partial charge in [0.05, 0.1) is 11.3 Å². The van der Waals surface area contributed by atoms with Crippen LogP contribution in [0.15, 0.2) is 82.1 Å². The summed E-state index contributed by atoms with van der Waals surface area (Å²) in [4.78, 5) is 12.6. The van der Waals surface area contributed by atoms with E-state index in [1.54, 1.807) is 23.4 Å². The van der Waals surface area contributed by atoms with Crippen molar-refractivity contribution in [3.05, 3.63) is 99.7 Å². The maximum Gasteiger partial charge on any atom is 0.272 e. The molecule has 0 N–H and O–H groups in total. The number of para-hydroxylation sites is 1. The number of thiophene rings is 1. The number of hydrogen-bond donors (Lipinski definition) is 0. The number of aromatic nitrogens is 7. The van der Waals surface area contributed by atoms with Crippen LogP contribution in [0.3, 0.4) is 0 Å². The summed E-state index contributed by atoms with van der Waals surface area (Å²) in [5, 5.41) is 20.4. The molecule has 0 unspecified atom stereocenters. The third kappa shape index (κ3) is 3.51. The highest BCUT2D eigenvalue weighted by Gasteiger charge is 2.19. The smallest absolute Gasteiger partial charge is 0.272 e. The summed E-state index contributed by atoms with van der Waals surface area (Å²) in [6, 6.07) is 22.3. The molecule has 4 aromatic heterocycles. The summed E-state index contributed by atoms with van der Waals surface area (Å²) in [5.74, 6) is 2.68. The molecular formula is C24H19N7OS2. The standard InChI is InChI=1S/C24H19N7OS2/c1-29-22(32)21-18(12-13-33-21)31-20(26-27-23(29)31)15-34-24-28-25-19(14-16-8-4-2-5-9-16)30(24)17-10-6-3-7-11-17/h2-13H,14-15H2,1H3. The Kier molecular flexibility index (Phi) is 5.23. The average molecular weight is 486 g/mol. The van der Waals surface area contributed by atoms with Gasteiger partial charge < -0.3 is 0 Å². The fourth-order valence-corrected chi connectivity index (χ4v) is 5.73. The van der Waals surface area contributed by atoms with Gasteiger partial charge in [0.1, 0.15) is 16.3 Å². The van der Waals surface area contributed by atoms with Crippen molar-refractivity contribution < 1.29 is 0 Å². The third-order valence-electron chi connectivity index (χ3n) is 5.65. The lowest BCUT2D eigenvalue weighted by Crippen LogP contribution is -2.19. The first-order chi connectivity index (χ1) is 16.7. The monoisotopic (exact) mass is 485 g/mol. The minimum absolute atomic E-state index is 0.0570. The van der Waals surface area contributed by atoms with E-state index in [9.17, 15) is 4.79 Å². The molecule has 168 valence electrons. The van der Waals surface area contributed by atoms with E-state index < -0.39 is 0 Å². The highest BCUT2D eigenvalue weighted by molar-refractivity contribution is 7.98. The van der Waals surface area contributed by atoms with Crippen LogP contribution in [0.2, 0.25) is 0 Å². The van der Waals surface area contributed by atoms with E-state index in [0.29, 0.717) is 22.7 Å². The molecule has 8 nitrogen and oxygen atoms in total. The third-order valence-corrected chi connectivity index (χ3v) is 7.46. The molecule has 0 atom stereocenters. The Morgan fingerprint density at radius 3 is 2.41 bits per heavy atom. The van der Waals surface area contributed by atoms with Gasteiger partial charge in [-0.3, -0.25) is 18.3 Å². The molecule has 0 aliphatic carbocycles. The molecular weight excluding hydrogens is 466 g/mol. The van der Waals surface area contributed by atoms with Gasteiger partial charge in [0.15, 0.2) is 5.16 Å². The Labute approximate surface area is 202 Å². The van der Waals surface area contributed by atoms with Crippen LogP contribution in [-0.4, -0.2) is 33.9 Å². The van der Waals surface area contributed by atoms with Crippen LogP contribution in [0.1, 0.15) is 17.2 Å². The van der Waals surface area contributed by atoms with E-state index in [1.807, 2.05) is 52.2 Å². The Morgan fingerprint density at radius 2 is 1.62 bits per heavy atom. The SMILES string of the molecule is Cn1c(=O)c2sccc2n2c(CSc3nnc(Cc4ccccc4)n3-c3ccccc3)nnc12. The Morgan fingerprint density at radius 1 is 0.882 bits per heavy atom. The van der Waals surface area contributed by atoms with E-state index in [4.69, 9.17) is 0 Å². The van der Waals surface area contributed by atoms with Crippen molar-refractivity contribution in [3.8, 4) is 5.69 Å². The molecule has 0 aliphatic rings. The summed E-state index contributed by atoms with van der Waals surface area (Å²) in [7, 11) is 1.73. The molecule has 6 rings (SSSR count). The molecule has 0 saturated carbocycles. The second kappa shape index (κ2) is 8.54. The number of thioether (sulfide) groups is 1. The summed E-state index contributed by atoms with van der Waals surface area (Å²) >= 11 is 2.98. The van der Waals surface area contributed by atoms with Crippen molar-refractivity contribution in [2.24, 2.45) is 7.05 Å². The lowest BCUT2D eigenvalue weighted by atomic mass is 10.1. The van der Waals surface area contributed by atoms with Crippen molar-refractivity contribution in [2.75, 3.05) is 0 Å². The minimum atomic E-state index is -0.0570. The molecule has 0 aliphatic heterocycles. The zero-order valence-electron chi connectivity index (χ0n) is 18.2. The Bertz CT molecular complexity index is 1670. The zero-order valence-corrected chi connectivity index (χ0v) is 19.8. The van der Waals surface area contributed by atoms with Crippen LogP contribution in [0, 0.1) is 0 Å². The van der Waals surface area contributed by atoms with Crippen LogP contribution in [0.4, 0.5) is 0 Å². The van der Waals surface area contributed by atoms with Crippen LogP contribution in [-0.2, 0) is 19.2 Å². The normalized spacial score (nSPS) is 11.6. The topological polar surface area (TPSA) is 82.9 Å². The van der Waals surface area contributed by atoms with E-state index in [1.165, 1.54) is 16.9 Å². The molecule has 0 saturated heterocycles. The molecule has 34 heavy (non-hydrogen) atoms. The van der Waals surface area contributed by atoms with Gasteiger partial charge in [-0.1, -0.05) is 60.3 Å². The molecule has 0 bridgehead atoms. The predicted octanol–water partition coefficient (Wildman–Crippen LogP) is 4.11. The Hall–Kier alpha value is -3.76. The summed E-state index contributed by atoms with van der Waals surface area (Å²) < 4.78 is 6.29. The number of nitrogens with zero attached hydrogens (tertiary/aromatic N) is 7. The van der Waals surface area contributed by atoms with Gasteiger partial charge in [0, 0.05) is 19.2 Å². The summed E-state index contributed by atoms with van der Waals surface area (Å²) in [6.45, 7) is 0. The van der Waals surface area contributed by atoms with E-state index >= 15 is 0 Å². The fourth-order valence-electron chi connectivity index (χ4n) is 4.00. The highest BCUT2D eigenvalue weighted by atomic mass is 32.2. The maximum absolute atomic E-state index is 12.6. The Balaban J connectivity index is 1.39. The summed E-state index contributed by atoms with van der Waals surface area (Å²) in [6.07, 6.45) is 0.675. The molecule has 0 fully saturated rings. The van der Waals surface area contributed by atoms with Gasteiger partial charge in [-0.15, -0.1) is 31.7 Å². The fraction of sp³-hybridized carbons (Fsp3) is 0.125. The van der Waals surface area contributed by atoms with Crippen molar-refractivity contribution in [2.45, 2.75) is 17.3 Å². The first-order valence-corrected chi connectivity index (χ1v) is 12.5. The van der Waals surface area contributed by atoms with Crippen LogP contribution in [0.5, 0.6) is 0 Å². The molecule has 0 amide bonds. The first kappa shape index (κ1) is 20.8. The van der Waals surface area contributed by atoms with E-state index in [-0.39, 0.29) is 5.56 Å². The van der Waals surface area contributed by atoms with Crippen molar-refractivity contribution in [1.29, 1.82) is 0 Å². The zero-order chi connectivity index (χ0) is 23.1. The van der Waals surface area contributed by atoms with Crippen LogP contribution >= 0.6 is 23.1 Å². The van der Waals surface area contributed by atoms with Gasteiger partial charge in [-0.05, 0) is 29.1 Å². The molecule has 6 aromatic rings. The molecule has 10 heteroatoms. The number of fused-ring (bicyclic) bond motifs is 3. The minimum Gasteiger partial charge on any atom is -0.279 e. The molecule has 0 radical (unpaired) electrons. The molecule has 2 aromatic carbocycles. The average Bonchev–Trinajstić information content (AvgIpc) is 3.61. The van der Waals surface area contributed by atoms with E-state index in [2.05, 4.69) is 49.2 Å². The predicted molar refractivity (Wildman–Crippen MR) is 134 cm³/mol. The van der Waals surface area contributed by atoms with Gasteiger partial charge in [0.2, 0.25) is 5.78 Å². The largest absolute Gasteiger partial charge is 0.279 e. The lowest BCUT2D eigenvalue weighted by molar-refractivity contribution is 0.845. The first-order valence-electron chi connectivity index (χ1n) is 10.7. The molecule has 4 heterocycles. The van der Waals surface area contributed by atoms with E-state index in [0.717, 1.165) is 28.0 Å². The van der Waals surface area contributed by atoms with Crippen LogP contribution in [0.25, 0.3) is 21.7 Å². The maximum atomic E-state index is 12.6. The quantitative estimate of drug-likeness (QED) is 0.330. The van der Waals surface area contributed by atoms with Gasteiger partial charge >= 0.3 is 0 Å². The second-order valence-electron chi connectivity index (χ2n) is 7.77. The van der Waals surface area contributed by atoms with Crippen molar-refractivity contribution in [3.63, 3.8) is 0 Å². The molecule has 0 spiro atoms. The highest BCUT2D eigenvalue weighted by Crippen LogP contribution is 2.27. The van der Waals surface area contributed by atoms with Crippen molar-refractivity contribution in [1.82, 2.24) is 33.9 Å². The number of hydrogen-bond acceptors (Lipinski definition) is 7. The lowest BCUT2D eigenvalue weighted by Gasteiger charge is -2.10. The number of rotatable bonds is 6. The van der Waals surface area contributed by atoms with Gasteiger partial charge in [-0.2, -0.15) is 0 Å².